The van der Waals surface area contributed by atoms with Crippen LogP contribution in [-0.4, -0.2) is 26.6 Å². The Bertz CT molecular complexity index is 1510. The Kier molecular flexibility index (Phi) is 5.80. The molecule has 2 aromatic carbocycles. The van der Waals surface area contributed by atoms with E-state index in [4.69, 9.17) is 13.9 Å². The van der Waals surface area contributed by atoms with Gasteiger partial charge < -0.3 is 24.1 Å². The third-order valence-electron chi connectivity index (χ3n) is 6.10. The van der Waals surface area contributed by atoms with Crippen molar-refractivity contribution >= 4 is 33.2 Å². The molecule has 4 heterocycles. The number of hydrogen-bond acceptors (Lipinski definition) is 8. The van der Waals surface area contributed by atoms with Gasteiger partial charge in [-0.3, -0.25) is 4.98 Å². The van der Waals surface area contributed by atoms with Crippen LogP contribution in [0.3, 0.4) is 0 Å². The molecule has 4 aromatic rings. The van der Waals surface area contributed by atoms with E-state index in [0.717, 1.165) is 22.5 Å². The fourth-order valence-electron chi connectivity index (χ4n) is 4.23. The molecule has 0 spiro atoms. The molecule has 2 aromatic heterocycles. The fourth-order valence-corrected chi connectivity index (χ4v) is 5.51. The first kappa shape index (κ1) is 22.5. The van der Waals surface area contributed by atoms with E-state index >= 15 is 0 Å². The van der Waals surface area contributed by atoms with Crippen LogP contribution in [-0.2, 0) is 25.9 Å². The van der Waals surface area contributed by atoms with Gasteiger partial charge in [0.25, 0.3) is 0 Å². The van der Waals surface area contributed by atoms with Crippen molar-refractivity contribution in [1.82, 2.24) is 4.98 Å². The second-order valence-electron chi connectivity index (χ2n) is 8.41. The SMILES string of the molecule is O=S(=O)(c1ccccc1)c1ccc(Nc2cncc3c2CN(c2ccc(C4OCCO4)o2)C=C3)cc1. The van der Waals surface area contributed by atoms with Gasteiger partial charge in [0, 0.05) is 35.3 Å². The highest BCUT2D eigenvalue weighted by Crippen LogP contribution is 2.34. The van der Waals surface area contributed by atoms with Gasteiger partial charge in [-0.05, 0) is 48.5 Å². The largest absolute Gasteiger partial charge is 0.440 e. The summed E-state index contributed by atoms with van der Waals surface area (Å²) in [6.07, 6.45) is 7.05. The van der Waals surface area contributed by atoms with Crippen LogP contribution < -0.4 is 10.2 Å². The van der Waals surface area contributed by atoms with E-state index < -0.39 is 16.1 Å². The number of anilines is 3. The molecule has 8 nitrogen and oxygen atoms in total. The number of nitrogens with one attached hydrogen (secondary N) is 1. The Balaban J connectivity index is 1.22. The van der Waals surface area contributed by atoms with Crippen LogP contribution in [0.5, 0.6) is 0 Å². The lowest BCUT2D eigenvalue weighted by Gasteiger charge is -2.25. The van der Waals surface area contributed by atoms with Crippen LogP contribution in [0.2, 0.25) is 0 Å². The maximum Gasteiger partial charge on any atom is 0.217 e. The van der Waals surface area contributed by atoms with E-state index in [1.807, 2.05) is 35.5 Å². The van der Waals surface area contributed by atoms with Crippen LogP contribution in [0.25, 0.3) is 6.08 Å². The first-order chi connectivity index (χ1) is 17.6. The van der Waals surface area contributed by atoms with E-state index in [-0.39, 0.29) is 9.79 Å². The highest BCUT2D eigenvalue weighted by atomic mass is 32.2. The Hall–Kier alpha value is -3.92. The molecular formula is C27H23N3O5S. The number of furan rings is 1. The lowest BCUT2D eigenvalue weighted by atomic mass is 10.0. The Morgan fingerprint density at radius 1 is 0.889 bits per heavy atom. The molecule has 2 aliphatic rings. The topological polar surface area (TPSA) is 93.9 Å². The lowest BCUT2D eigenvalue weighted by Crippen LogP contribution is -2.19. The molecule has 1 fully saturated rings. The molecule has 36 heavy (non-hydrogen) atoms. The molecule has 0 radical (unpaired) electrons. The maximum atomic E-state index is 12.9. The molecule has 0 atom stereocenters. The number of fused-ring (bicyclic) bond motifs is 1. The van der Waals surface area contributed by atoms with Gasteiger partial charge in [-0.25, -0.2) is 8.42 Å². The first-order valence-electron chi connectivity index (χ1n) is 11.5. The van der Waals surface area contributed by atoms with Crippen molar-refractivity contribution in [2.45, 2.75) is 22.6 Å². The number of aromatic nitrogens is 1. The third-order valence-corrected chi connectivity index (χ3v) is 7.89. The van der Waals surface area contributed by atoms with Gasteiger partial charge in [0.1, 0.15) is 0 Å². The molecule has 0 unspecified atom stereocenters. The first-order valence-corrected chi connectivity index (χ1v) is 13.0. The monoisotopic (exact) mass is 501 g/mol. The van der Waals surface area contributed by atoms with Gasteiger partial charge in [-0.2, -0.15) is 0 Å². The number of hydrogen-bond donors (Lipinski definition) is 1. The van der Waals surface area contributed by atoms with E-state index in [9.17, 15) is 8.42 Å². The van der Waals surface area contributed by atoms with Crippen molar-refractivity contribution in [3.63, 3.8) is 0 Å². The normalized spacial score (nSPS) is 15.7. The molecule has 182 valence electrons. The number of benzene rings is 2. The molecular weight excluding hydrogens is 478 g/mol. The fraction of sp³-hybridized carbons (Fsp3) is 0.148. The smallest absolute Gasteiger partial charge is 0.217 e. The van der Waals surface area contributed by atoms with Gasteiger partial charge in [-0.15, -0.1) is 0 Å². The molecule has 2 aliphatic heterocycles. The van der Waals surface area contributed by atoms with Crippen molar-refractivity contribution < 1.29 is 22.3 Å². The third kappa shape index (κ3) is 4.28. The minimum absolute atomic E-state index is 0.241. The Morgan fingerprint density at radius 3 is 2.42 bits per heavy atom. The number of nitrogens with zero attached hydrogens (tertiary/aromatic N) is 2. The average Bonchev–Trinajstić information content (AvgIpc) is 3.62. The summed E-state index contributed by atoms with van der Waals surface area (Å²) in [5.74, 6) is 1.32. The highest BCUT2D eigenvalue weighted by Gasteiger charge is 2.24. The average molecular weight is 502 g/mol. The lowest BCUT2D eigenvalue weighted by molar-refractivity contribution is -0.0585. The minimum Gasteiger partial charge on any atom is -0.440 e. The van der Waals surface area contributed by atoms with Crippen LogP contribution in [0.4, 0.5) is 17.3 Å². The second-order valence-corrected chi connectivity index (χ2v) is 10.4. The summed E-state index contributed by atoms with van der Waals surface area (Å²) in [5.41, 5.74) is 3.62. The molecule has 0 aliphatic carbocycles. The zero-order valence-corrected chi connectivity index (χ0v) is 20.0. The second kappa shape index (κ2) is 9.27. The molecule has 6 rings (SSSR count). The van der Waals surface area contributed by atoms with Gasteiger partial charge in [0.2, 0.25) is 16.1 Å². The summed E-state index contributed by atoms with van der Waals surface area (Å²) in [4.78, 5) is 6.87. The summed E-state index contributed by atoms with van der Waals surface area (Å²) in [7, 11) is -3.57. The zero-order chi connectivity index (χ0) is 24.5. The van der Waals surface area contributed by atoms with Crippen LogP contribution in [0, 0.1) is 0 Å². The van der Waals surface area contributed by atoms with E-state index in [2.05, 4.69) is 10.3 Å². The van der Waals surface area contributed by atoms with Crippen molar-refractivity contribution in [1.29, 1.82) is 0 Å². The van der Waals surface area contributed by atoms with Crippen LogP contribution >= 0.6 is 0 Å². The summed E-state index contributed by atoms with van der Waals surface area (Å²) in [5, 5.41) is 3.38. The van der Waals surface area contributed by atoms with E-state index in [1.54, 1.807) is 60.8 Å². The summed E-state index contributed by atoms with van der Waals surface area (Å²) in [6, 6.07) is 18.9. The minimum atomic E-state index is -3.57. The maximum absolute atomic E-state index is 12.9. The van der Waals surface area contributed by atoms with Gasteiger partial charge in [-0.1, -0.05) is 18.2 Å². The summed E-state index contributed by atoms with van der Waals surface area (Å²) < 4.78 is 42.8. The quantitative estimate of drug-likeness (QED) is 0.381. The van der Waals surface area contributed by atoms with Gasteiger partial charge in [0.15, 0.2) is 11.6 Å². The molecule has 1 saturated heterocycles. The number of sulfone groups is 1. The number of ether oxygens (including phenoxy) is 2. The molecule has 0 saturated carbocycles. The van der Waals surface area contributed by atoms with Crippen LogP contribution in [0.1, 0.15) is 23.2 Å². The Labute approximate surface area is 208 Å². The summed E-state index contributed by atoms with van der Waals surface area (Å²) in [6.45, 7) is 1.67. The zero-order valence-electron chi connectivity index (χ0n) is 19.2. The molecule has 0 bridgehead atoms. The van der Waals surface area contributed by atoms with E-state index in [0.29, 0.717) is 31.4 Å². The number of rotatable bonds is 6. The molecule has 9 heteroatoms. The predicted octanol–water partition coefficient (Wildman–Crippen LogP) is 5.29. The van der Waals surface area contributed by atoms with Gasteiger partial charge >= 0.3 is 0 Å². The van der Waals surface area contributed by atoms with E-state index in [1.165, 1.54) is 0 Å². The van der Waals surface area contributed by atoms with Crippen LogP contribution in [0.15, 0.2) is 99.5 Å². The van der Waals surface area contributed by atoms with Crippen molar-refractivity contribution in [3.05, 3.63) is 102 Å². The number of pyridine rings is 1. The molecule has 1 N–H and O–H groups in total. The van der Waals surface area contributed by atoms with Crippen molar-refractivity contribution in [2.75, 3.05) is 23.4 Å². The highest BCUT2D eigenvalue weighted by molar-refractivity contribution is 7.91. The van der Waals surface area contributed by atoms with Crippen molar-refractivity contribution in [2.24, 2.45) is 0 Å². The molecule has 0 amide bonds. The van der Waals surface area contributed by atoms with Gasteiger partial charge in [0.05, 0.1) is 41.4 Å². The Morgan fingerprint density at radius 2 is 1.64 bits per heavy atom. The predicted molar refractivity (Wildman–Crippen MR) is 134 cm³/mol. The summed E-state index contributed by atoms with van der Waals surface area (Å²) >= 11 is 0. The van der Waals surface area contributed by atoms with Crippen molar-refractivity contribution in [3.8, 4) is 0 Å². The standard InChI is InChI=1S/C27H23N3O5S/c31-36(32,21-4-2-1-3-5-21)22-8-6-20(7-9-22)29-24-17-28-16-19-12-13-30(18-23(19)24)26-11-10-25(35-26)27-33-14-15-34-27/h1-13,16-17,27,29H,14-15,18H2.